The zero-order valence-corrected chi connectivity index (χ0v) is 14.6. The number of aryl methyl sites for hydroxylation is 1. The molecular formula is C20H16N2O5. The lowest BCUT2D eigenvalue weighted by Crippen LogP contribution is -2.39. The van der Waals surface area contributed by atoms with Crippen molar-refractivity contribution in [3.8, 4) is 11.5 Å². The molecule has 2 aromatic carbocycles. The van der Waals surface area contributed by atoms with Crippen molar-refractivity contribution in [1.29, 1.82) is 0 Å². The van der Waals surface area contributed by atoms with Crippen LogP contribution in [0.3, 0.4) is 0 Å². The van der Waals surface area contributed by atoms with Crippen LogP contribution in [0.15, 0.2) is 56.5 Å². The molecule has 7 nitrogen and oxygen atoms in total. The number of fused-ring (bicyclic) bond motifs is 4. The second kappa shape index (κ2) is 5.77. The van der Waals surface area contributed by atoms with Crippen LogP contribution in [0.4, 0.5) is 0 Å². The molecule has 0 radical (unpaired) electrons. The molecule has 0 aliphatic carbocycles. The van der Waals surface area contributed by atoms with Crippen LogP contribution in [0, 0.1) is 0 Å². The van der Waals surface area contributed by atoms with Gasteiger partial charge in [-0.15, -0.1) is 0 Å². The van der Waals surface area contributed by atoms with Gasteiger partial charge in [-0.2, -0.15) is 0 Å². The van der Waals surface area contributed by atoms with Crippen LogP contribution in [0.5, 0.6) is 11.5 Å². The van der Waals surface area contributed by atoms with Crippen molar-refractivity contribution in [2.75, 3.05) is 6.79 Å². The average Bonchev–Trinajstić information content (AvgIpc) is 3.30. The van der Waals surface area contributed by atoms with E-state index in [9.17, 15) is 9.59 Å². The molecule has 3 heterocycles. The summed E-state index contributed by atoms with van der Waals surface area (Å²) in [6.07, 6.45) is 0. The van der Waals surface area contributed by atoms with Gasteiger partial charge in [-0.05, 0) is 36.8 Å². The van der Waals surface area contributed by atoms with Gasteiger partial charge in [0.1, 0.15) is 11.1 Å². The second-order valence-electron chi connectivity index (χ2n) is 6.38. The zero-order valence-electron chi connectivity index (χ0n) is 14.6. The van der Waals surface area contributed by atoms with E-state index in [0.717, 1.165) is 10.9 Å². The van der Waals surface area contributed by atoms with Crippen molar-refractivity contribution in [2.24, 2.45) is 0 Å². The van der Waals surface area contributed by atoms with Crippen molar-refractivity contribution in [3.05, 3.63) is 68.9 Å². The smallest absolute Gasteiger partial charge is 0.331 e. The lowest BCUT2D eigenvalue weighted by Gasteiger charge is -2.10. The minimum atomic E-state index is -0.437. The minimum absolute atomic E-state index is 0.126. The molecule has 0 spiro atoms. The predicted octanol–water partition coefficient (Wildman–Crippen LogP) is 2.71. The molecule has 0 saturated carbocycles. The Morgan fingerprint density at radius 2 is 1.81 bits per heavy atom. The molecule has 7 heteroatoms. The van der Waals surface area contributed by atoms with Crippen LogP contribution in [0.25, 0.3) is 22.1 Å². The highest BCUT2D eigenvalue weighted by atomic mass is 16.7. The van der Waals surface area contributed by atoms with E-state index in [1.54, 1.807) is 22.8 Å². The molecule has 5 rings (SSSR count). The van der Waals surface area contributed by atoms with E-state index in [-0.39, 0.29) is 24.6 Å². The largest absolute Gasteiger partial charge is 0.454 e. The maximum Gasteiger partial charge on any atom is 0.331 e. The molecular weight excluding hydrogens is 348 g/mol. The van der Waals surface area contributed by atoms with E-state index in [4.69, 9.17) is 13.9 Å². The monoisotopic (exact) mass is 364 g/mol. The summed E-state index contributed by atoms with van der Waals surface area (Å²) in [5.41, 5.74) is 1.31. The first-order valence-corrected chi connectivity index (χ1v) is 8.71. The Morgan fingerprint density at radius 1 is 1.00 bits per heavy atom. The van der Waals surface area contributed by atoms with Crippen molar-refractivity contribution in [3.63, 3.8) is 0 Å². The second-order valence-corrected chi connectivity index (χ2v) is 6.38. The predicted molar refractivity (Wildman–Crippen MR) is 99.6 cm³/mol. The van der Waals surface area contributed by atoms with Crippen LogP contribution < -0.4 is 20.7 Å². The maximum absolute atomic E-state index is 13.0. The van der Waals surface area contributed by atoms with Gasteiger partial charge in [0.05, 0.1) is 6.54 Å². The fourth-order valence-corrected chi connectivity index (χ4v) is 3.55. The number of ether oxygens (including phenoxy) is 2. The normalized spacial score (nSPS) is 12.9. The minimum Gasteiger partial charge on any atom is -0.454 e. The standard InChI is InChI=1S/C20H16N2O5/c1-2-21-17-13-5-3-4-6-14(13)27-18(17)19(23)22(20(21)24)10-12-7-8-15-16(9-12)26-11-25-15/h3-9H,2,10-11H2,1H3. The Balaban J connectivity index is 1.74. The number of hydrogen-bond donors (Lipinski definition) is 0. The summed E-state index contributed by atoms with van der Waals surface area (Å²) in [6, 6.07) is 12.7. The topological polar surface area (TPSA) is 75.6 Å². The molecule has 0 bridgehead atoms. The number of aromatic nitrogens is 2. The Bertz CT molecular complexity index is 1310. The molecule has 0 amide bonds. The van der Waals surface area contributed by atoms with E-state index < -0.39 is 5.56 Å². The van der Waals surface area contributed by atoms with Crippen molar-refractivity contribution in [2.45, 2.75) is 20.0 Å². The fraction of sp³-hybridized carbons (Fsp3) is 0.200. The summed E-state index contributed by atoms with van der Waals surface area (Å²) in [7, 11) is 0. The number of nitrogens with zero attached hydrogens (tertiary/aromatic N) is 2. The van der Waals surface area contributed by atoms with Gasteiger partial charge >= 0.3 is 5.69 Å². The summed E-state index contributed by atoms with van der Waals surface area (Å²) in [4.78, 5) is 26.1. The van der Waals surface area contributed by atoms with Gasteiger partial charge in [-0.25, -0.2) is 4.79 Å². The molecule has 27 heavy (non-hydrogen) atoms. The van der Waals surface area contributed by atoms with Crippen LogP contribution >= 0.6 is 0 Å². The number of rotatable bonds is 3. The van der Waals surface area contributed by atoms with Crippen LogP contribution in [-0.4, -0.2) is 15.9 Å². The first kappa shape index (κ1) is 15.7. The Kier molecular flexibility index (Phi) is 3.36. The summed E-state index contributed by atoms with van der Waals surface area (Å²) in [6.45, 7) is 2.60. The van der Waals surface area contributed by atoms with Gasteiger partial charge in [0.15, 0.2) is 11.5 Å². The summed E-state index contributed by atoms with van der Waals surface area (Å²) >= 11 is 0. The lowest BCUT2D eigenvalue weighted by molar-refractivity contribution is 0.174. The molecule has 1 aliphatic rings. The number of para-hydroxylation sites is 1. The highest BCUT2D eigenvalue weighted by molar-refractivity contribution is 6.02. The molecule has 136 valence electrons. The van der Waals surface area contributed by atoms with Crippen LogP contribution in [0.2, 0.25) is 0 Å². The molecule has 1 aliphatic heterocycles. The van der Waals surface area contributed by atoms with Crippen molar-refractivity contribution >= 4 is 22.1 Å². The van der Waals surface area contributed by atoms with Crippen LogP contribution in [0.1, 0.15) is 12.5 Å². The Hall–Kier alpha value is -3.48. The zero-order chi connectivity index (χ0) is 18.5. The molecule has 0 unspecified atom stereocenters. The average molecular weight is 364 g/mol. The molecule has 0 atom stereocenters. The highest BCUT2D eigenvalue weighted by Gasteiger charge is 2.20. The van der Waals surface area contributed by atoms with Crippen LogP contribution in [-0.2, 0) is 13.1 Å². The summed E-state index contributed by atoms with van der Waals surface area (Å²) in [5, 5.41) is 0.763. The third kappa shape index (κ3) is 2.28. The molecule has 0 N–H and O–H groups in total. The third-order valence-electron chi connectivity index (χ3n) is 4.83. The number of hydrogen-bond acceptors (Lipinski definition) is 5. The van der Waals surface area contributed by atoms with Gasteiger partial charge in [-0.1, -0.05) is 18.2 Å². The molecule has 4 aromatic rings. The van der Waals surface area contributed by atoms with Crippen molar-refractivity contribution < 1.29 is 13.9 Å². The summed E-state index contributed by atoms with van der Waals surface area (Å²) < 4.78 is 19.3. The van der Waals surface area contributed by atoms with Gasteiger partial charge in [0.25, 0.3) is 5.56 Å². The molecule has 2 aromatic heterocycles. The fourth-order valence-electron chi connectivity index (χ4n) is 3.55. The summed E-state index contributed by atoms with van der Waals surface area (Å²) in [5.74, 6) is 1.27. The van der Waals surface area contributed by atoms with Gasteiger partial charge in [-0.3, -0.25) is 13.9 Å². The van der Waals surface area contributed by atoms with E-state index in [1.165, 1.54) is 4.57 Å². The van der Waals surface area contributed by atoms with E-state index in [2.05, 4.69) is 0 Å². The maximum atomic E-state index is 13.0. The van der Waals surface area contributed by atoms with Gasteiger partial charge in [0, 0.05) is 11.9 Å². The number of furan rings is 1. The Labute approximate surface area is 153 Å². The molecule has 0 fully saturated rings. The lowest BCUT2D eigenvalue weighted by atomic mass is 10.2. The van der Waals surface area contributed by atoms with Gasteiger partial charge < -0.3 is 13.9 Å². The molecule has 0 saturated heterocycles. The quantitative estimate of drug-likeness (QED) is 0.559. The third-order valence-corrected chi connectivity index (χ3v) is 4.83. The van der Waals surface area contributed by atoms with Gasteiger partial charge in [0.2, 0.25) is 12.4 Å². The van der Waals surface area contributed by atoms with E-state index >= 15 is 0 Å². The van der Waals surface area contributed by atoms with Crippen molar-refractivity contribution in [1.82, 2.24) is 9.13 Å². The van der Waals surface area contributed by atoms with E-state index in [0.29, 0.717) is 29.1 Å². The van der Waals surface area contributed by atoms with E-state index in [1.807, 2.05) is 31.2 Å². The first-order valence-electron chi connectivity index (χ1n) is 8.71. The Morgan fingerprint density at radius 3 is 2.67 bits per heavy atom. The SMILES string of the molecule is CCn1c(=O)n(Cc2ccc3c(c2)OCO3)c(=O)c2oc3ccccc3c21. The first-order chi connectivity index (χ1) is 13.2. The highest BCUT2D eigenvalue weighted by Crippen LogP contribution is 2.32. The number of benzene rings is 2.